The minimum atomic E-state index is -1.03. The fourth-order valence-electron chi connectivity index (χ4n) is 2.02. The number of thiazole rings is 1. The van der Waals surface area contributed by atoms with Crippen LogP contribution in [0, 0.1) is 0 Å². The summed E-state index contributed by atoms with van der Waals surface area (Å²) >= 11 is 1.29. The van der Waals surface area contributed by atoms with E-state index < -0.39 is 5.97 Å². The molecule has 1 aromatic heterocycles. The van der Waals surface area contributed by atoms with Gasteiger partial charge in [0.05, 0.1) is 11.6 Å². The van der Waals surface area contributed by atoms with E-state index in [1.54, 1.807) is 0 Å². The molecule has 0 saturated carbocycles. The Morgan fingerprint density at radius 3 is 2.75 bits per heavy atom. The van der Waals surface area contributed by atoms with Crippen LogP contribution in [0.25, 0.3) is 0 Å². The zero-order chi connectivity index (χ0) is 17.2. The number of benzene rings is 1. The van der Waals surface area contributed by atoms with Crippen molar-refractivity contribution >= 4 is 23.2 Å². The van der Waals surface area contributed by atoms with Crippen molar-refractivity contribution in [3.8, 4) is 0 Å². The molecule has 0 radical (unpaired) electrons. The number of carbonyl (C=O) groups excluding carboxylic acids is 1. The van der Waals surface area contributed by atoms with E-state index in [4.69, 9.17) is 9.84 Å². The summed E-state index contributed by atoms with van der Waals surface area (Å²) in [6.45, 7) is 1.55. The van der Waals surface area contributed by atoms with Gasteiger partial charge in [0.1, 0.15) is 0 Å². The quantitative estimate of drug-likeness (QED) is 0.644. The summed E-state index contributed by atoms with van der Waals surface area (Å²) in [4.78, 5) is 26.4. The minimum absolute atomic E-state index is 0.0340. The minimum Gasteiger partial charge on any atom is -0.476 e. The molecular formula is C17H20N2O4S. The summed E-state index contributed by atoms with van der Waals surface area (Å²) in [5.74, 6) is -1.06. The van der Waals surface area contributed by atoms with Gasteiger partial charge in [-0.05, 0) is 12.0 Å². The lowest BCUT2D eigenvalue weighted by molar-refractivity contribution is -0.121. The van der Waals surface area contributed by atoms with E-state index in [0.717, 1.165) is 5.56 Å². The second-order valence-corrected chi connectivity index (χ2v) is 6.12. The number of ether oxygens (including phenoxy) is 1. The third-order valence-corrected chi connectivity index (χ3v) is 4.14. The molecule has 0 spiro atoms. The molecule has 2 rings (SSSR count). The fraction of sp³-hybridized carbons (Fsp3) is 0.353. The highest BCUT2D eigenvalue weighted by Crippen LogP contribution is 2.10. The van der Waals surface area contributed by atoms with Gasteiger partial charge in [0.25, 0.3) is 0 Å². The molecule has 0 aliphatic rings. The first-order chi connectivity index (χ1) is 11.6. The largest absolute Gasteiger partial charge is 0.476 e. The van der Waals surface area contributed by atoms with Crippen LogP contribution in [-0.4, -0.2) is 35.1 Å². The van der Waals surface area contributed by atoms with Crippen LogP contribution >= 0.6 is 11.3 Å². The van der Waals surface area contributed by atoms with Crippen LogP contribution in [0.2, 0.25) is 0 Å². The van der Waals surface area contributed by atoms with E-state index in [2.05, 4.69) is 10.3 Å². The molecule has 0 unspecified atom stereocenters. The SMILES string of the molecule is O=C(CCCOCc1ccccc1)NCCc1nc(C(=O)O)cs1. The predicted octanol–water partition coefficient (Wildman–Crippen LogP) is 2.50. The van der Waals surface area contributed by atoms with Gasteiger partial charge < -0.3 is 15.2 Å². The first-order valence-corrected chi connectivity index (χ1v) is 8.59. The van der Waals surface area contributed by atoms with Crippen LogP contribution in [0.4, 0.5) is 0 Å². The molecule has 24 heavy (non-hydrogen) atoms. The summed E-state index contributed by atoms with van der Waals surface area (Å²) in [7, 11) is 0. The van der Waals surface area contributed by atoms with Crippen molar-refractivity contribution in [3.63, 3.8) is 0 Å². The lowest BCUT2D eigenvalue weighted by Crippen LogP contribution is -2.25. The molecule has 6 nitrogen and oxygen atoms in total. The number of carboxylic acid groups (broad SMARTS) is 1. The third kappa shape index (κ3) is 6.47. The number of aromatic carboxylic acids is 1. The molecule has 2 aromatic rings. The standard InChI is InChI=1S/C17H20N2O4S/c20-15(7-4-10-23-11-13-5-2-1-3-6-13)18-9-8-16-19-14(12-24-16)17(21)22/h1-3,5-6,12H,4,7-11H2,(H,18,20)(H,21,22). The van der Waals surface area contributed by atoms with Gasteiger partial charge in [0.2, 0.25) is 5.91 Å². The van der Waals surface area contributed by atoms with E-state index in [1.807, 2.05) is 30.3 Å². The van der Waals surface area contributed by atoms with Gasteiger partial charge in [-0.2, -0.15) is 0 Å². The topological polar surface area (TPSA) is 88.5 Å². The van der Waals surface area contributed by atoms with Gasteiger partial charge in [-0.1, -0.05) is 30.3 Å². The van der Waals surface area contributed by atoms with Crippen LogP contribution in [0.15, 0.2) is 35.7 Å². The van der Waals surface area contributed by atoms with Crippen molar-refractivity contribution in [2.24, 2.45) is 0 Å². The molecule has 1 aromatic carbocycles. The summed E-state index contributed by atoms with van der Waals surface area (Å²) in [6.07, 6.45) is 1.61. The number of amides is 1. The van der Waals surface area contributed by atoms with Gasteiger partial charge in [-0.25, -0.2) is 9.78 Å². The molecule has 0 bridgehead atoms. The molecule has 0 aliphatic heterocycles. The van der Waals surface area contributed by atoms with Crippen molar-refractivity contribution in [2.75, 3.05) is 13.2 Å². The van der Waals surface area contributed by atoms with Gasteiger partial charge in [-0.3, -0.25) is 4.79 Å². The smallest absolute Gasteiger partial charge is 0.355 e. The Balaban J connectivity index is 1.52. The molecule has 0 fully saturated rings. The summed E-state index contributed by atoms with van der Waals surface area (Å²) in [5, 5.41) is 13.8. The zero-order valence-electron chi connectivity index (χ0n) is 13.2. The van der Waals surface area contributed by atoms with Crippen LogP contribution in [0.5, 0.6) is 0 Å². The highest BCUT2D eigenvalue weighted by atomic mass is 32.1. The van der Waals surface area contributed by atoms with Crippen LogP contribution < -0.4 is 5.32 Å². The first-order valence-electron chi connectivity index (χ1n) is 7.71. The molecule has 0 aliphatic carbocycles. The summed E-state index contributed by atoms with van der Waals surface area (Å²) < 4.78 is 5.53. The van der Waals surface area contributed by atoms with Crippen LogP contribution in [-0.2, 0) is 22.6 Å². The average Bonchev–Trinajstić information content (AvgIpc) is 3.05. The van der Waals surface area contributed by atoms with Crippen molar-refractivity contribution in [1.82, 2.24) is 10.3 Å². The van der Waals surface area contributed by atoms with Crippen LogP contribution in [0.3, 0.4) is 0 Å². The normalized spacial score (nSPS) is 10.5. The maximum Gasteiger partial charge on any atom is 0.355 e. The highest BCUT2D eigenvalue weighted by molar-refractivity contribution is 7.09. The Labute approximate surface area is 144 Å². The summed E-state index contributed by atoms with van der Waals surface area (Å²) in [6, 6.07) is 9.90. The van der Waals surface area contributed by atoms with Gasteiger partial charge in [0.15, 0.2) is 5.69 Å². The van der Waals surface area contributed by atoms with E-state index in [-0.39, 0.29) is 11.6 Å². The number of hydrogen-bond acceptors (Lipinski definition) is 5. The molecule has 1 amide bonds. The third-order valence-electron chi connectivity index (χ3n) is 3.24. The monoisotopic (exact) mass is 348 g/mol. The average molecular weight is 348 g/mol. The second-order valence-electron chi connectivity index (χ2n) is 5.17. The number of nitrogens with one attached hydrogen (secondary N) is 1. The number of carbonyl (C=O) groups is 2. The lowest BCUT2D eigenvalue weighted by atomic mass is 10.2. The number of hydrogen-bond donors (Lipinski definition) is 2. The Bertz CT molecular complexity index is 658. The van der Waals surface area contributed by atoms with E-state index in [1.165, 1.54) is 16.7 Å². The van der Waals surface area contributed by atoms with Crippen molar-refractivity contribution < 1.29 is 19.4 Å². The number of nitrogens with zero attached hydrogens (tertiary/aromatic N) is 1. The maximum absolute atomic E-state index is 11.7. The Hall–Kier alpha value is -2.25. The van der Waals surface area contributed by atoms with Crippen molar-refractivity contribution in [2.45, 2.75) is 25.9 Å². The molecule has 128 valence electrons. The Kier molecular flexibility index (Phi) is 7.38. The molecule has 0 atom stereocenters. The predicted molar refractivity (Wildman–Crippen MR) is 91.1 cm³/mol. The number of carboxylic acids is 1. The molecule has 2 N–H and O–H groups in total. The van der Waals surface area contributed by atoms with Gasteiger partial charge >= 0.3 is 5.97 Å². The van der Waals surface area contributed by atoms with Crippen molar-refractivity contribution in [1.29, 1.82) is 0 Å². The van der Waals surface area contributed by atoms with E-state index in [9.17, 15) is 9.59 Å². The van der Waals surface area contributed by atoms with Gasteiger partial charge in [0, 0.05) is 31.4 Å². The zero-order valence-corrected chi connectivity index (χ0v) is 14.1. The maximum atomic E-state index is 11.7. The lowest BCUT2D eigenvalue weighted by Gasteiger charge is -2.05. The Morgan fingerprint density at radius 2 is 2.04 bits per heavy atom. The van der Waals surface area contributed by atoms with E-state index in [0.29, 0.717) is 44.0 Å². The van der Waals surface area contributed by atoms with Crippen LogP contribution in [0.1, 0.15) is 33.9 Å². The molecule has 0 saturated heterocycles. The van der Waals surface area contributed by atoms with Gasteiger partial charge in [-0.15, -0.1) is 11.3 Å². The Morgan fingerprint density at radius 1 is 1.25 bits per heavy atom. The first kappa shape index (κ1) is 18.1. The summed E-state index contributed by atoms with van der Waals surface area (Å²) in [5.41, 5.74) is 1.17. The van der Waals surface area contributed by atoms with E-state index >= 15 is 0 Å². The second kappa shape index (κ2) is 9.79. The fourth-order valence-corrected chi connectivity index (χ4v) is 2.79. The highest BCUT2D eigenvalue weighted by Gasteiger charge is 2.08. The molecular weight excluding hydrogens is 328 g/mol. The number of aromatic nitrogens is 1. The molecule has 1 heterocycles. The molecule has 7 heteroatoms. The van der Waals surface area contributed by atoms with Crippen molar-refractivity contribution in [3.05, 3.63) is 52.0 Å². The number of rotatable bonds is 10.